The van der Waals surface area contributed by atoms with Gasteiger partial charge < -0.3 is 9.88 Å². The Bertz CT molecular complexity index is 1440. The molecule has 5 nitrogen and oxygen atoms in total. The standard InChI is InChI=1S/C29H30N4OS/c1-17-7-9-22-20(4)14-29(5,6)33(25(22)11-17)27(34)16-35-26-10-8-21(15-30-26)28-31-23-12-18(2)19(3)13-24(23)32-28/h7-15H,16H2,1-6H3,(H,31,32). The largest absolute Gasteiger partial charge is 0.338 e. The summed E-state index contributed by atoms with van der Waals surface area (Å²) >= 11 is 1.46. The topological polar surface area (TPSA) is 61.9 Å². The van der Waals surface area contributed by atoms with E-state index in [-0.39, 0.29) is 5.91 Å². The third-order valence-corrected chi connectivity index (χ3v) is 7.59. The number of H-pyrrole nitrogens is 1. The predicted octanol–water partition coefficient (Wildman–Crippen LogP) is 6.87. The fourth-order valence-electron chi connectivity index (χ4n) is 4.81. The maximum absolute atomic E-state index is 13.4. The molecule has 1 aliphatic heterocycles. The highest BCUT2D eigenvalue weighted by atomic mass is 32.2. The number of rotatable bonds is 4. The Hall–Kier alpha value is -3.38. The molecule has 3 heterocycles. The van der Waals surface area contributed by atoms with Gasteiger partial charge in [-0.1, -0.05) is 30.0 Å². The van der Waals surface area contributed by atoms with Crippen LogP contribution in [0, 0.1) is 20.8 Å². The molecule has 0 bridgehead atoms. The first-order valence-corrected chi connectivity index (χ1v) is 12.8. The molecule has 0 spiro atoms. The lowest BCUT2D eigenvalue weighted by molar-refractivity contribution is -0.116. The van der Waals surface area contributed by atoms with Crippen molar-refractivity contribution in [2.45, 2.75) is 52.1 Å². The number of aryl methyl sites for hydroxylation is 3. The zero-order valence-electron chi connectivity index (χ0n) is 21.1. The van der Waals surface area contributed by atoms with Gasteiger partial charge in [0.1, 0.15) is 5.82 Å². The molecule has 1 N–H and O–H groups in total. The molecule has 1 aliphatic rings. The van der Waals surface area contributed by atoms with Crippen LogP contribution in [-0.4, -0.2) is 32.2 Å². The van der Waals surface area contributed by atoms with Crippen LogP contribution in [0.2, 0.25) is 0 Å². The van der Waals surface area contributed by atoms with Crippen LogP contribution < -0.4 is 4.90 Å². The average Bonchev–Trinajstić information content (AvgIpc) is 3.20. The molecule has 0 atom stereocenters. The Balaban J connectivity index is 1.33. The zero-order chi connectivity index (χ0) is 24.9. The smallest absolute Gasteiger partial charge is 0.238 e. The lowest BCUT2D eigenvalue weighted by Gasteiger charge is -2.41. The summed E-state index contributed by atoms with van der Waals surface area (Å²) in [4.78, 5) is 28.1. The fraction of sp³-hybridized carbons (Fsp3) is 0.276. The highest BCUT2D eigenvalue weighted by molar-refractivity contribution is 7.99. The number of fused-ring (bicyclic) bond motifs is 2. The minimum absolute atomic E-state index is 0.0736. The van der Waals surface area contributed by atoms with Crippen LogP contribution in [0.4, 0.5) is 5.69 Å². The number of thioether (sulfide) groups is 1. The second-order valence-corrected chi connectivity index (χ2v) is 10.9. The molecule has 0 fully saturated rings. The molecule has 2 aromatic heterocycles. The lowest BCUT2D eigenvalue weighted by Crippen LogP contribution is -2.49. The van der Waals surface area contributed by atoms with Gasteiger partial charge >= 0.3 is 0 Å². The number of aromatic amines is 1. The molecule has 1 amide bonds. The number of hydrogen-bond acceptors (Lipinski definition) is 4. The number of benzene rings is 2. The zero-order valence-corrected chi connectivity index (χ0v) is 21.9. The third kappa shape index (κ3) is 4.39. The van der Waals surface area contributed by atoms with Crippen LogP contribution in [0.5, 0.6) is 0 Å². The number of allylic oxidation sites excluding steroid dienone is 1. The van der Waals surface area contributed by atoms with E-state index >= 15 is 0 Å². The van der Waals surface area contributed by atoms with Crippen LogP contribution >= 0.6 is 11.8 Å². The number of hydrogen-bond donors (Lipinski definition) is 1. The molecular weight excluding hydrogens is 452 g/mol. The van der Waals surface area contributed by atoms with E-state index in [1.807, 2.05) is 23.2 Å². The first-order chi connectivity index (χ1) is 16.6. The molecule has 178 valence electrons. The molecule has 0 radical (unpaired) electrons. The molecule has 0 saturated carbocycles. The monoisotopic (exact) mass is 482 g/mol. The second kappa shape index (κ2) is 8.68. The summed E-state index contributed by atoms with van der Waals surface area (Å²) in [5, 5.41) is 0.816. The van der Waals surface area contributed by atoms with Gasteiger partial charge in [0.15, 0.2) is 0 Å². The van der Waals surface area contributed by atoms with Gasteiger partial charge in [0.2, 0.25) is 5.91 Å². The van der Waals surface area contributed by atoms with Gasteiger partial charge in [-0.15, -0.1) is 0 Å². The number of nitrogens with zero attached hydrogens (tertiary/aromatic N) is 3. The Morgan fingerprint density at radius 2 is 1.80 bits per heavy atom. The van der Waals surface area contributed by atoms with Gasteiger partial charge in [-0.2, -0.15) is 0 Å². The van der Waals surface area contributed by atoms with E-state index in [0.717, 1.165) is 44.3 Å². The van der Waals surface area contributed by atoms with Crippen molar-refractivity contribution in [1.29, 1.82) is 0 Å². The normalized spacial score (nSPS) is 14.7. The summed E-state index contributed by atoms with van der Waals surface area (Å²) in [5.41, 5.74) is 9.43. The van der Waals surface area contributed by atoms with Crippen LogP contribution in [0.15, 0.2) is 59.8 Å². The highest BCUT2D eigenvalue weighted by Crippen LogP contribution is 2.40. The molecule has 4 aromatic rings. The van der Waals surface area contributed by atoms with E-state index in [0.29, 0.717) is 5.75 Å². The number of amides is 1. The number of imidazole rings is 1. The molecule has 0 unspecified atom stereocenters. The number of carbonyl (C=O) groups excluding carboxylic acids is 1. The summed E-state index contributed by atoms with van der Waals surface area (Å²) in [6.07, 6.45) is 4.00. The average molecular weight is 483 g/mol. The van der Waals surface area contributed by atoms with Gasteiger partial charge in [0.05, 0.1) is 33.0 Å². The Morgan fingerprint density at radius 3 is 2.54 bits per heavy atom. The number of aromatic nitrogens is 3. The fourth-order valence-corrected chi connectivity index (χ4v) is 5.50. The summed E-state index contributed by atoms with van der Waals surface area (Å²) in [5.74, 6) is 1.19. The van der Waals surface area contributed by atoms with E-state index in [1.165, 1.54) is 28.5 Å². The maximum atomic E-state index is 13.4. The van der Waals surface area contributed by atoms with Crippen molar-refractivity contribution in [3.8, 4) is 11.4 Å². The van der Waals surface area contributed by atoms with Crippen molar-refractivity contribution in [2.75, 3.05) is 10.7 Å². The Morgan fingerprint density at radius 1 is 1.03 bits per heavy atom. The second-order valence-electron chi connectivity index (χ2n) is 9.94. The Labute approximate surface area is 210 Å². The first kappa shape index (κ1) is 23.4. The van der Waals surface area contributed by atoms with Gasteiger partial charge in [-0.05, 0) is 94.1 Å². The van der Waals surface area contributed by atoms with Crippen LogP contribution in [0.3, 0.4) is 0 Å². The molecular formula is C29H30N4OS. The number of nitrogens with one attached hydrogen (secondary N) is 1. The van der Waals surface area contributed by atoms with Crippen molar-refractivity contribution >= 4 is 40.0 Å². The van der Waals surface area contributed by atoms with Gasteiger partial charge in [0, 0.05) is 17.3 Å². The summed E-state index contributed by atoms with van der Waals surface area (Å²) in [6, 6.07) is 14.5. The first-order valence-electron chi connectivity index (χ1n) is 11.8. The highest BCUT2D eigenvalue weighted by Gasteiger charge is 2.35. The third-order valence-electron chi connectivity index (χ3n) is 6.67. The maximum Gasteiger partial charge on any atom is 0.238 e. The summed E-state index contributed by atoms with van der Waals surface area (Å²) in [7, 11) is 0. The van der Waals surface area contributed by atoms with Crippen LogP contribution in [0.1, 0.15) is 43.0 Å². The van der Waals surface area contributed by atoms with E-state index in [1.54, 1.807) is 0 Å². The molecule has 35 heavy (non-hydrogen) atoms. The van der Waals surface area contributed by atoms with E-state index in [2.05, 4.69) is 87.9 Å². The van der Waals surface area contributed by atoms with Crippen molar-refractivity contribution < 1.29 is 4.79 Å². The minimum atomic E-state index is -0.391. The van der Waals surface area contributed by atoms with Gasteiger partial charge in [-0.25, -0.2) is 9.97 Å². The van der Waals surface area contributed by atoms with Crippen molar-refractivity contribution in [1.82, 2.24) is 15.0 Å². The molecule has 2 aromatic carbocycles. The van der Waals surface area contributed by atoms with Crippen LogP contribution in [-0.2, 0) is 4.79 Å². The summed E-state index contributed by atoms with van der Waals surface area (Å²) < 4.78 is 0. The van der Waals surface area contributed by atoms with E-state index in [9.17, 15) is 4.79 Å². The van der Waals surface area contributed by atoms with E-state index in [4.69, 9.17) is 4.98 Å². The van der Waals surface area contributed by atoms with Crippen molar-refractivity contribution in [3.05, 3.63) is 77.0 Å². The lowest BCUT2D eigenvalue weighted by atomic mass is 9.88. The minimum Gasteiger partial charge on any atom is -0.338 e. The van der Waals surface area contributed by atoms with Crippen LogP contribution in [0.25, 0.3) is 28.0 Å². The van der Waals surface area contributed by atoms with Gasteiger partial charge in [-0.3, -0.25) is 4.79 Å². The quantitative estimate of drug-likeness (QED) is 0.322. The molecule has 0 aliphatic carbocycles. The van der Waals surface area contributed by atoms with Crippen molar-refractivity contribution in [3.63, 3.8) is 0 Å². The molecule has 6 heteroatoms. The summed E-state index contributed by atoms with van der Waals surface area (Å²) in [6.45, 7) is 12.6. The number of pyridine rings is 1. The van der Waals surface area contributed by atoms with E-state index < -0.39 is 5.54 Å². The van der Waals surface area contributed by atoms with Crippen molar-refractivity contribution in [2.24, 2.45) is 0 Å². The molecule has 5 rings (SSSR count). The predicted molar refractivity (Wildman–Crippen MR) is 146 cm³/mol. The van der Waals surface area contributed by atoms with Gasteiger partial charge in [0.25, 0.3) is 0 Å². The number of anilines is 1. The molecule has 0 saturated heterocycles. The SMILES string of the molecule is CC1=CC(C)(C)N(C(=O)CSc2ccc(-c3nc4cc(C)c(C)cc4[nH]3)cn2)c2cc(C)ccc21. The Kier molecular flexibility index (Phi) is 5.80. The number of carbonyl (C=O) groups is 1.